The minimum atomic E-state index is 1.14. The average molecular weight is 881 g/mol. The molecule has 0 bridgehead atoms. The Morgan fingerprint density at radius 1 is 0.279 bits per heavy atom. The molecular weight excluding hydrogens is 821 g/mol. The highest BCUT2D eigenvalue weighted by molar-refractivity contribution is 6.09. The molecule has 0 spiro atoms. The molecule has 0 fully saturated rings. The highest BCUT2D eigenvalue weighted by atomic mass is 15.1. The molecule has 2 heteroatoms. The highest BCUT2D eigenvalue weighted by Crippen LogP contribution is 2.39. The standard InChI is InChI=1S/C33H29N.C19H15N.2C7H8/c1-24-13-16-27(17-14-24)28-18-21-30(22-19-28)34(29-10-5-4-6-11-29)31-20-15-26(3)33(23-31)32-12-8-7-9-25(32)2;1-14-11-12-19-17(13-14)16-9-5-6-10-18(16)20(19)15-7-3-2-4-8-15;2*1-7-5-3-2-4-6-7/h4-23H,1-3H3;2-13H,1H3;2*2-6H,1H3. The molecule has 1 aromatic heterocycles. The van der Waals surface area contributed by atoms with Gasteiger partial charge in [-0.05, 0) is 142 Å². The third-order valence-corrected chi connectivity index (χ3v) is 12.2. The molecule has 0 amide bonds. The molecule has 0 N–H and O–H groups in total. The SMILES string of the molecule is Cc1ccc(-c2ccc(N(c3ccccc3)c3ccc(C)c(-c4ccccc4C)c3)cc2)cc1.Cc1ccc2c(c1)c1ccccc1n2-c1ccccc1.Cc1ccccc1.Cc1ccccc1. The van der Waals surface area contributed by atoms with Gasteiger partial charge in [-0.1, -0.05) is 210 Å². The lowest BCUT2D eigenvalue weighted by atomic mass is 9.95. The Labute approximate surface area is 404 Å². The van der Waals surface area contributed by atoms with Crippen LogP contribution < -0.4 is 4.90 Å². The number of nitrogens with zero attached hydrogens (tertiary/aromatic N) is 2. The van der Waals surface area contributed by atoms with E-state index in [1.54, 1.807) is 0 Å². The Bertz CT molecular complexity index is 3260. The quantitative estimate of drug-likeness (QED) is 0.162. The van der Waals surface area contributed by atoms with Crippen LogP contribution in [-0.2, 0) is 0 Å². The fourth-order valence-corrected chi connectivity index (χ4v) is 8.50. The smallest absolute Gasteiger partial charge is 0.0541 e. The van der Waals surface area contributed by atoms with Crippen molar-refractivity contribution in [2.24, 2.45) is 0 Å². The second kappa shape index (κ2) is 22.3. The van der Waals surface area contributed by atoms with Crippen LogP contribution >= 0.6 is 0 Å². The summed E-state index contributed by atoms with van der Waals surface area (Å²) in [5, 5.41) is 2.64. The van der Waals surface area contributed by atoms with Crippen molar-refractivity contribution in [3.05, 3.63) is 288 Å². The molecule has 0 unspecified atom stereocenters. The first-order chi connectivity index (χ1) is 33.2. The molecule has 0 saturated carbocycles. The maximum atomic E-state index is 2.34. The number of benzene rings is 10. The molecule has 0 aliphatic carbocycles. The fourth-order valence-electron chi connectivity index (χ4n) is 8.50. The number of fused-ring (bicyclic) bond motifs is 3. The van der Waals surface area contributed by atoms with Gasteiger partial charge in [-0.2, -0.15) is 0 Å². The molecule has 11 rings (SSSR count). The molecule has 2 nitrogen and oxygen atoms in total. The van der Waals surface area contributed by atoms with Gasteiger partial charge in [0.15, 0.2) is 0 Å². The average Bonchev–Trinajstić information content (AvgIpc) is 3.70. The summed E-state index contributed by atoms with van der Waals surface area (Å²) in [6.45, 7) is 12.8. The van der Waals surface area contributed by atoms with Crippen LogP contribution in [0.1, 0.15) is 33.4 Å². The Balaban J connectivity index is 0.000000152. The summed E-state index contributed by atoms with van der Waals surface area (Å²) >= 11 is 0. The van der Waals surface area contributed by atoms with Crippen LogP contribution in [0.15, 0.2) is 255 Å². The molecule has 334 valence electrons. The number of hydrogen-bond acceptors (Lipinski definition) is 1. The third kappa shape index (κ3) is 11.4. The largest absolute Gasteiger partial charge is 0.310 e. The van der Waals surface area contributed by atoms with Crippen LogP contribution in [-0.4, -0.2) is 4.57 Å². The van der Waals surface area contributed by atoms with Crippen LogP contribution in [0.2, 0.25) is 0 Å². The van der Waals surface area contributed by atoms with Gasteiger partial charge in [0, 0.05) is 33.5 Å². The summed E-state index contributed by atoms with van der Waals surface area (Å²) in [5.41, 5.74) is 20.0. The van der Waals surface area contributed by atoms with Crippen LogP contribution in [0.25, 0.3) is 49.7 Å². The number of anilines is 3. The summed E-state index contributed by atoms with van der Waals surface area (Å²) in [6, 6.07) is 89.9. The van der Waals surface area contributed by atoms with Gasteiger partial charge in [-0.25, -0.2) is 0 Å². The Hall–Kier alpha value is -8.20. The van der Waals surface area contributed by atoms with Gasteiger partial charge in [0.1, 0.15) is 0 Å². The number of aromatic nitrogens is 1. The zero-order valence-corrected chi connectivity index (χ0v) is 40.1. The van der Waals surface area contributed by atoms with E-state index in [9.17, 15) is 0 Å². The monoisotopic (exact) mass is 880 g/mol. The first-order valence-electron chi connectivity index (χ1n) is 23.5. The van der Waals surface area contributed by atoms with Crippen molar-refractivity contribution in [1.82, 2.24) is 4.57 Å². The number of para-hydroxylation sites is 3. The number of hydrogen-bond donors (Lipinski definition) is 0. The minimum Gasteiger partial charge on any atom is -0.310 e. The van der Waals surface area contributed by atoms with E-state index in [-0.39, 0.29) is 0 Å². The zero-order chi connectivity index (χ0) is 47.2. The van der Waals surface area contributed by atoms with E-state index in [4.69, 9.17) is 0 Å². The fraction of sp³-hybridized carbons (Fsp3) is 0.0909. The summed E-state index contributed by atoms with van der Waals surface area (Å²) < 4.78 is 2.34. The summed E-state index contributed by atoms with van der Waals surface area (Å²) in [4.78, 5) is 2.33. The summed E-state index contributed by atoms with van der Waals surface area (Å²) in [5.74, 6) is 0. The number of aryl methyl sites for hydroxylation is 6. The Morgan fingerprint density at radius 2 is 0.721 bits per heavy atom. The van der Waals surface area contributed by atoms with Gasteiger partial charge in [0.05, 0.1) is 11.0 Å². The molecule has 0 radical (unpaired) electrons. The predicted octanol–water partition coefficient (Wildman–Crippen LogP) is 18.5. The van der Waals surface area contributed by atoms with Crippen molar-refractivity contribution < 1.29 is 0 Å². The first kappa shape index (κ1) is 46.3. The summed E-state index contributed by atoms with van der Waals surface area (Å²) in [6.07, 6.45) is 0. The normalized spacial score (nSPS) is 10.5. The topological polar surface area (TPSA) is 8.17 Å². The van der Waals surface area contributed by atoms with E-state index in [0.717, 1.165) is 17.1 Å². The lowest BCUT2D eigenvalue weighted by Gasteiger charge is -2.27. The maximum Gasteiger partial charge on any atom is 0.0541 e. The lowest BCUT2D eigenvalue weighted by molar-refractivity contribution is 1.18. The summed E-state index contributed by atoms with van der Waals surface area (Å²) in [7, 11) is 0. The molecule has 1 heterocycles. The van der Waals surface area contributed by atoms with Crippen molar-refractivity contribution >= 4 is 38.9 Å². The van der Waals surface area contributed by atoms with Crippen LogP contribution in [0.3, 0.4) is 0 Å². The van der Waals surface area contributed by atoms with Crippen molar-refractivity contribution in [3.63, 3.8) is 0 Å². The molecule has 68 heavy (non-hydrogen) atoms. The van der Waals surface area contributed by atoms with Crippen LogP contribution in [0, 0.1) is 41.5 Å². The van der Waals surface area contributed by atoms with Crippen molar-refractivity contribution in [2.75, 3.05) is 4.90 Å². The molecule has 0 aliphatic heterocycles. The van der Waals surface area contributed by atoms with Gasteiger partial charge < -0.3 is 9.47 Å². The second-order valence-electron chi connectivity index (χ2n) is 17.4. The van der Waals surface area contributed by atoms with E-state index in [2.05, 4.69) is 269 Å². The third-order valence-electron chi connectivity index (χ3n) is 12.2. The van der Waals surface area contributed by atoms with E-state index in [1.807, 2.05) is 36.4 Å². The van der Waals surface area contributed by atoms with E-state index >= 15 is 0 Å². The predicted molar refractivity (Wildman–Crippen MR) is 294 cm³/mol. The van der Waals surface area contributed by atoms with Crippen LogP contribution in [0.4, 0.5) is 17.1 Å². The van der Waals surface area contributed by atoms with Crippen LogP contribution in [0.5, 0.6) is 0 Å². The second-order valence-corrected chi connectivity index (χ2v) is 17.4. The molecule has 0 atom stereocenters. The molecule has 0 aliphatic rings. The van der Waals surface area contributed by atoms with E-state index < -0.39 is 0 Å². The lowest BCUT2D eigenvalue weighted by Crippen LogP contribution is -2.10. The molecule has 0 saturated heterocycles. The van der Waals surface area contributed by atoms with E-state index in [1.165, 1.54) is 83.1 Å². The highest BCUT2D eigenvalue weighted by Gasteiger charge is 2.16. The van der Waals surface area contributed by atoms with Crippen molar-refractivity contribution in [1.29, 1.82) is 0 Å². The zero-order valence-electron chi connectivity index (χ0n) is 40.1. The first-order valence-corrected chi connectivity index (χ1v) is 23.5. The Morgan fingerprint density at radius 3 is 1.31 bits per heavy atom. The van der Waals surface area contributed by atoms with Gasteiger partial charge in [-0.15, -0.1) is 0 Å². The minimum absolute atomic E-state index is 1.14. The van der Waals surface area contributed by atoms with Crippen molar-refractivity contribution in [2.45, 2.75) is 41.5 Å². The molecule has 11 aromatic rings. The maximum absolute atomic E-state index is 2.34. The van der Waals surface area contributed by atoms with Gasteiger partial charge >= 0.3 is 0 Å². The molecular formula is C66H60N2. The van der Waals surface area contributed by atoms with Gasteiger partial charge in [0.25, 0.3) is 0 Å². The molecule has 10 aromatic carbocycles. The van der Waals surface area contributed by atoms with Gasteiger partial charge in [-0.3, -0.25) is 0 Å². The van der Waals surface area contributed by atoms with Gasteiger partial charge in [0.2, 0.25) is 0 Å². The van der Waals surface area contributed by atoms with Crippen molar-refractivity contribution in [3.8, 4) is 27.9 Å². The van der Waals surface area contributed by atoms with E-state index in [0.29, 0.717) is 0 Å². The Kier molecular flexibility index (Phi) is 15.2. The number of rotatable bonds is 6.